The van der Waals surface area contributed by atoms with E-state index < -0.39 is 0 Å². The van der Waals surface area contributed by atoms with Gasteiger partial charge in [-0.05, 0) is 36.6 Å². The molecule has 0 radical (unpaired) electrons. The second-order valence-electron chi connectivity index (χ2n) is 9.51. The summed E-state index contributed by atoms with van der Waals surface area (Å²) in [5.41, 5.74) is 1.92. The largest absolute Gasteiger partial charge is 0.379 e. The van der Waals surface area contributed by atoms with Crippen LogP contribution < -0.4 is 5.32 Å². The van der Waals surface area contributed by atoms with Gasteiger partial charge in [0.2, 0.25) is 0 Å². The molecule has 2 fully saturated rings. The van der Waals surface area contributed by atoms with Crippen LogP contribution in [0.15, 0.2) is 48.5 Å². The van der Waals surface area contributed by atoms with Crippen molar-refractivity contribution in [2.45, 2.75) is 44.2 Å². The van der Waals surface area contributed by atoms with Crippen molar-refractivity contribution in [2.75, 3.05) is 32.8 Å². The summed E-state index contributed by atoms with van der Waals surface area (Å²) in [6.45, 7) is 4.05. The highest BCUT2D eigenvalue weighted by molar-refractivity contribution is 6.22. The van der Waals surface area contributed by atoms with Gasteiger partial charge in [0.15, 0.2) is 0 Å². The van der Waals surface area contributed by atoms with Gasteiger partial charge in [-0.15, -0.1) is 0 Å². The highest BCUT2D eigenvalue weighted by atomic mass is 16.5. The first-order valence-corrected chi connectivity index (χ1v) is 12.2. The molecule has 178 valence electrons. The first kappa shape index (κ1) is 22.7. The zero-order chi connectivity index (χ0) is 23.5. The van der Waals surface area contributed by atoms with Gasteiger partial charge in [0.05, 0.1) is 30.9 Å². The first-order chi connectivity index (χ1) is 16.6. The second-order valence-corrected chi connectivity index (χ2v) is 9.51. The van der Waals surface area contributed by atoms with Crippen molar-refractivity contribution in [1.82, 2.24) is 15.1 Å². The van der Waals surface area contributed by atoms with Crippen LogP contribution in [0.3, 0.4) is 0 Å². The fourth-order valence-corrected chi connectivity index (χ4v) is 5.54. The van der Waals surface area contributed by atoms with Gasteiger partial charge in [-0.1, -0.05) is 49.6 Å². The number of rotatable bonds is 6. The Hall–Kier alpha value is -3.03. The standard InChI is InChI=1S/C27H31N3O4/c31-24(28-19-27(11-5-2-6-12-27)29-13-15-34-16-14-29)21-9-10-22-23(17-21)26(33)30(25(22)32)18-20-7-3-1-4-8-20/h1,3-4,7-10,17H,2,5-6,11-16,18-19H2,(H,28,31). The van der Waals surface area contributed by atoms with Crippen molar-refractivity contribution < 1.29 is 19.1 Å². The SMILES string of the molecule is O=C(NCC1(N2CCOCC2)CCCCC1)c1ccc2c(c1)C(=O)N(Cc1ccccc1)C2=O. The number of nitrogens with zero attached hydrogens (tertiary/aromatic N) is 2. The van der Waals surface area contributed by atoms with Crippen LogP contribution in [0.25, 0.3) is 0 Å². The molecule has 3 amide bonds. The summed E-state index contributed by atoms with van der Waals surface area (Å²) in [5, 5.41) is 3.14. The minimum Gasteiger partial charge on any atom is -0.379 e. The Labute approximate surface area is 200 Å². The predicted octanol–water partition coefficient (Wildman–Crippen LogP) is 3.25. The van der Waals surface area contributed by atoms with Crippen LogP contribution in [0.4, 0.5) is 0 Å². The number of carbonyl (C=O) groups excluding carboxylic acids is 3. The highest BCUT2D eigenvalue weighted by Gasteiger charge is 2.39. The quantitative estimate of drug-likeness (QED) is 0.668. The van der Waals surface area contributed by atoms with Crippen LogP contribution in [0.5, 0.6) is 0 Å². The first-order valence-electron chi connectivity index (χ1n) is 12.2. The molecule has 7 nitrogen and oxygen atoms in total. The molecule has 2 aromatic rings. The summed E-state index contributed by atoms with van der Waals surface area (Å²) in [6, 6.07) is 14.3. The van der Waals surface area contributed by atoms with E-state index in [9.17, 15) is 14.4 Å². The molecular formula is C27H31N3O4. The van der Waals surface area contributed by atoms with Gasteiger partial charge in [-0.25, -0.2) is 0 Å². The van der Waals surface area contributed by atoms with Gasteiger partial charge in [-0.2, -0.15) is 0 Å². The molecule has 7 heteroatoms. The van der Waals surface area contributed by atoms with Gasteiger partial charge in [0.1, 0.15) is 0 Å². The van der Waals surface area contributed by atoms with Crippen molar-refractivity contribution in [3.05, 3.63) is 70.8 Å². The summed E-state index contributed by atoms with van der Waals surface area (Å²) in [6.07, 6.45) is 5.71. The zero-order valence-electron chi connectivity index (χ0n) is 19.4. The molecule has 0 unspecified atom stereocenters. The highest BCUT2D eigenvalue weighted by Crippen LogP contribution is 2.34. The number of hydrogen-bond acceptors (Lipinski definition) is 5. The lowest BCUT2D eigenvalue weighted by molar-refractivity contribution is -0.0361. The molecule has 1 saturated carbocycles. The van der Waals surface area contributed by atoms with Gasteiger partial charge < -0.3 is 10.1 Å². The van der Waals surface area contributed by atoms with E-state index in [0.717, 1.165) is 44.7 Å². The molecule has 34 heavy (non-hydrogen) atoms. The minimum atomic E-state index is -0.351. The smallest absolute Gasteiger partial charge is 0.261 e. The van der Waals surface area contributed by atoms with Gasteiger partial charge in [0.25, 0.3) is 17.7 Å². The van der Waals surface area contributed by atoms with Crippen LogP contribution in [-0.2, 0) is 11.3 Å². The van der Waals surface area contributed by atoms with Gasteiger partial charge >= 0.3 is 0 Å². The summed E-state index contributed by atoms with van der Waals surface area (Å²) < 4.78 is 5.55. The Morgan fingerprint density at radius 1 is 0.912 bits per heavy atom. The van der Waals surface area contributed by atoms with Gasteiger partial charge in [0, 0.05) is 30.7 Å². The number of carbonyl (C=O) groups is 3. The van der Waals surface area contributed by atoms with E-state index in [1.54, 1.807) is 18.2 Å². The van der Waals surface area contributed by atoms with E-state index >= 15 is 0 Å². The third-order valence-electron chi connectivity index (χ3n) is 7.46. The normalized spacial score (nSPS) is 20.3. The van der Waals surface area contributed by atoms with Crippen LogP contribution in [0.2, 0.25) is 0 Å². The Balaban J connectivity index is 1.29. The molecule has 5 rings (SSSR count). The van der Waals surface area contributed by atoms with Crippen LogP contribution in [0.1, 0.15) is 68.7 Å². The third kappa shape index (κ3) is 4.38. The Morgan fingerprint density at radius 2 is 1.62 bits per heavy atom. The van der Waals surface area contributed by atoms with Crippen LogP contribution in [0, 0.1) is 0 Å². The number of fused-ring (bicyclic) bond motifs is 1. The summed E-state index contributed by atoms with van der Waals surface area (Å²) in [4.78, 5) is 42.7. The van der Waals surface area contributed by atoms with Crippen molar-refractivity contribution >= 4 is 17.7 Å². The second kappa shape index (κ2) is 9.68. The van der Waals surface area contributed by atoms with E-state index in [-0.39, 0.29) is 29.8 Å². The molecule has 0 atom stereocenters. The number of benzene rings is 2. The van der Waals surface area contributed by atoms with E-state index in [2.05, 4.69) is 10.2 Å². The van der Waals surface area contributed by atoms with Crippen molar-refractivity contribution in [3.63, 3.8) is 0 Å². The van der Waals surface area contributed by atoms with E-state index in [1.807, 2.05) is 30.3 Å². The Bertz CT molecular complexity index is 1070. The lowest BCUT2D eigenvalue weighted by Crippen LogP contribution is -2.59. The Morgan fingerprint density at radius 3 is 2.35 bits per heavy atom. The average molecular weight is 462 g/mol. The average Bonchev–Trinajstić information content (AvgIpc) is 3.13. The summed E-state index contributed by atoms with van der Waals surface area (Å²) in [5.74, 6) is -0.873. The molecule has 2 aromatic carbocycles. The zero-order valence-corrected chi connectivity index (χ0v) is 19.4. The van der Waals surface area contributed by atoms with E-state index in [4.69, 9.17) is 4.74 Å². The molecule has 2 heterocycles. The molecular weight excluding hydrogens is 430 g/mol. The number of imide groups is 1. The fourth-order valence-electron chi connectivity index (χ4n) is 5.54. The summed E-state index contributed by atoms with van der Waals surface area (Å²) >= 11 is 0. The molecule has 1 saturated heterocycles. The molecule has 2 aliphatic heterocycles. The lowest BCUT2D eigenvalue weighted by atomic mass is 9.79. The maximum atomic E-state index is 13.1. The van der Waals surface area contributed by atoms with Crippen LogP contribution in [-0.4, -0.2) is 65.9 Å². The molecule has 3 aliphatic rings. The number of hydrogen-bond donors (Lipinski definition) is 1. The maximum absolute atomic E-state index is 13.1. The Kier molecular flexibility index (Phi) is 6.48. The fraction of sp³-hybridized carbons (Fsp3) is 0.444. The molecule has 1 aliphatic carbocycles. The van der Waals surface area contributed by atoms with Crippen LogP contribution >= 0.6 is 0 Å². The maximum Gasteiger partial charge on any atom is 0.261 e. The molecule has 0 bridgehead atoms. The predicted molar refractivity (Wildman–Crippen MR) is 128 cm³/mol. The molecule has 0 aromatic heterocycles. The van der Waals surface area contributed by atoms with Crippen molar-refractivity contribution in [2.24, 2.45) is 0 Å². The number of ether oxygens (including phenoxy) is 1. The third-order valence-corrected chi connectivity index (χ3v) is 7.46. The van der Waals surface area contributed by atoms with Gasteiger partial charge in [-0.3, -0.25) is 24.2 Å². The molecule has 0 spiro atoms. The number of amides is 3. The van der Waals surface area contributed by atoms with Crippen molar-refractivity contribution in [3.8, 4) is 0 Å². The topological polar surface area (TPSA) is 79.0 Å². The van der Waals surface area contributed by atoms with E-state index in [1.165, 1.54) is 24.2 Å². The monoisotopic (exact) mass is 461 g/mol. The van der Waals surface area contributed by atoms with E-state index in [0.29, 0.717) is 23.2 Å². The molecule has 1 N–H and O–H groups in total. The lowest BCUT2D eigenvalue weighted by Gasteiger charge is -2.48. The number of morpholine rings is 1. The van der Waals surface area contributed by atoms with Crippen molar-refractivity contribution in [1.29, 1.82) is 0 Å². The summed E-state index contributed by atoms with van der Waals surface area (Å²) in [7, 11) is 0. The number of nitrogens with one attached hydrogen (secondary N) is 1. The minimum absolute atomic E-state index is 0.0350.